The van der Waals surface area contributed by atoms with Gasteiger partial charge in [0.15, 0.2) is 0 Å². The summed E-state index contributed by atoms with van der Waals surface area (Å²) in [6.45, 7) is 0. The van der Waals surface area contributed by atoms with Crippen LogP contribution in [0.5, 0.6) is 0 Å². The Morgan fingerprint density at radius 2 is 1.86 bits per heavy atom. The summed E-state index contributed by atoms with van der Waals surface area (Å²) in [6.07, 6.45) is -1.59. The third kappa shape index (κ3) is 1.25. The summed E-state index contributed by atoms with van der Waals surface area (Å²) < 4.78 is 52.4. The van der Waals surface area contributed by atoms with E-state index in [-0.39, 0.29) is 11.1 Å². The van der Waals surface area contributed by atoms with Crippen molar-refractivity contribution in [3.05, 3.63) is 5.82 Å². The monoisotopic (exact) mass is 210 g/mol. The van der Waals surface area contributed by atoms with Gasteiger partial charge >= 0.3 is 12.0 Å². The number of hydrogen-bond acceptors (Lipinski definition) is 3. The number of tetrazole rings is 1. The topological polar surface area (TPSA) is 43.6 Å². The van der Waals surface area contributed by atoms with Crippen molar-refractivity contribution in [1.29, 1.82) is 0 Å². The van der Waals surface area contributed by atoms with E-state index in [1.54, 1.807) is 0 Å². The van der Waals surface area contributed by atoms with Crippen molar-refractivity contribution in [3.63, 3.8) is 0 Å². The van der Waals surface area contributed by atoms with Crippen LogP contribution in [0.2, 0.25) is 0 Å². The Hall–Kier alpha value is -1.21. The van der Waals surface area contributed by atoms with E-state index in [0.29, 0.717) is 0 Å². The van der Waals surface area contributed by atoms with Gasteiger partial charge in [0, 0.05) is 12.8 Å². The minimum atomic E-state index is -3.42. The molecule has 0 radical (unpaired) electrons. The zero-order valence-corrected chi connectivity index (χ0v) is 6.92. The Kier molecular flexibility index (Phi) is 1.76. The summed E-state index contributed by atoms with van der Waals surface area (Å²) in [5, 5.41) is 8.67. The van der Waals surface area contributed by atoms with Gasteiger partial charge in [-0.2, -0.15) is 22.2 Å². The summed E-state index contributed by atoms with van der Waals surface area (Å²) >= 11 is 0. The maximum absolute atomic E-state index is 13.1. The average Bonchev–Trinajstić information content (AvgIpc) is 2.48. The Morgan fingerprint density at radius 3 is 2.57 bits per heavy atom. The fourth-order valence-corrected chi connectivity index (χ4v) is 1.38. The highest BCUT2D eigenvalue weighted by molar-refractivity contribution is 4.97. The highest BCUT2D eigenvalue weighted by atomic mass is 19.3. The number of rotatable bonds is 0. The van der Waals surface area contributed by atoms with Crippen LogP contribution in [-0.4, -0.2) is 20.2 Å². The third-order valence-corrected chi connectivity index (χ3v) is 2.07. The molecule has 0 fully saturated rings. The highest BCUT2D eigenvalue weighted by Gasteiger charge is 2.48. The fourth-order valence-electron chi connectivity index (χ4n) is 1.38. The molecule has 0 saturated heterocycles. The van der Waals surface area contributed by atoms with Crippen molar-refractivity contribution >= 4 is 0 Å². The standard InChI is InChI=1S/C6H6F4N4/c7-5(8)2-1-3-6(9,10)14-4(5)11-12-13-14/h1-3H2. The van der Waals surface area contributed by atoms with Crippen LogP contribution in [0, 0.1) is 0 Å². The van der Waals surface area contributed by atoms with Crippen LogP contribution in [0.4, 0.5) is 17.6 Å². The van der Waals surface area contributed by atoms with Crippen molar-refractivity contribution in [2.45, 2.75) is 31.2 Å². The minimum Gasteiger partial charge on any atom is -0.198 e. The lowest BCUT2D eigenvalue weighted by Crippen LogP contribution is -2.27. The van der Waals surface area contributed by atoms with Crippen molar-refractivity contribution in [2.75, 3.05) is 0 Å². The highest BCUT2D eigenvalue weighted by Crippen LogP contribution is 2.40. The molecule has 0 aliphatic carbocycles. The molecular formula is C6H6F4N4. The molecule has 2 heterocycles. The maximum Gasteiger partial charge on any atom is 0.346 e. The van der Waals surface area contributed by atoms with Gasteiger partial charge in [0.05, 0.1) is 0 Å². The van der Waals surface area contributed by atoms with Gasteiger partial charge in [0.25, 0.3) is 0 Å². The molecular weight excluding hydrogens is 204 g/mol. The summed E-state index contributed by atoms with van der Waals surface area (Å²) in [7, 11) is 0. The number of fused-ring (bicyclic) bond motifs is 1. The number of halogens is 4. The molecule has 0 N–H and O–H groups in total. The van der Waals surface area contributed by atoms with Crippen molar-refractivity contribution in [2.24, 2.45) is 0 Å². The number of aromatic nitrogens is 4. The van der Waals surface area contributed by atoms with E-state index in [9.17, 15) is 17.6 Å². The molecule has 4 nitrogen and oxygen atoms in total. The molecule has 8 heteroatoms. The van der Waals surface area contributed by atoms with E-state index in [1.807, 2.05) is 0 Å². The van der Waals surface area contributed by atoms with E-state index in [0.717, 1.165) is 0 Å². The van der Waals surface area contributed by atoms with Crippen LogP contribution in [0.15, 0.2) is 0 Å². The SMILES string of the molecule is FC1(F)CCCC(F)(F)n2nnnc21. The molecule has 2 rings (SSSR count). The van der Waals surface area contributed by atoms with E-state index >= 15 is 0 Å². The first-order chi connectivity index (χ1) is 6.43. The van der Waals surface area contributed by atoms with Crippen LogP contribution in [-0.2, 0) is 12.0 Å². The Morgan fingerprint density at radius 1 is 1.14 bits per heavy atom. The van der Waals surface area contributed by atoms with Gasteiger partial charge in [-0.1, -0.05) is 0 Å². The molecule has 1 aromatic heterocycles. The van der Waals surface area contributed by atoms with Gasteiger partial charge in [0.1, 0.15) is 0 Å². The van der Waals surface area contributed by atoms with Crippen LogP contribution in [0.1, 0.15) is 25.1 Å². The average molecular weight is 210 g/mol. The van der Waals surface area contributed by atoms with E-state index in [2.05, 4.69) is 15.5 Å². The van der Waals surface area contributed by atoms with Crippen LogP contribution in [0.3, 0.4) is 0 Å². The van der Waals surface area contributed by atoms with Crippen LogP contribution >= 0.6 is 0 Å². The minimum absolute atomic E-state index is 0.0833. The largest absolute Gasteiger partial charge is 0.346 e. The molecule has 1 aliphatic heterocycles. The van der Waals surface area contributed by atoms with Gasteiger partial charge in [-0.25, -0.2) is 0 Å². The van der Waals surface area contributed by atoms with Crippen LogP contribution in [0.25, 0.3) is 0 Å². The molecule has 0 bridgehead atoms. The van der Waals surface area contributed by atoms with Gasteiger partial charge < -0.3 is 0 Å². The predicted octanol–water partition coefficient (Wildman–Crippen LogP) is 1.50. The van der Waals surface area contributed by atoms with E-state index in [1.165, 1.54) is 0 Å². The quantitative estimate of drug-likeness (QED) is 0.609. The summed E-state index contributed by atoms with van der Waals surface area (Å²) in [4.78, 5) is 0. The molecule has 1 aromatic rings. The Balaban J connectivity index is 2.55. The summed E-state index contributed by atoms with van der Waals surface area (Å²) in [6, 6.07) is -3.42. The van der Waals surface area contributed by atoms with Gasteiger partial charge in [-0.3, -0.25) is 0 Å². The van der Waals surface area contributed by atoms with Gasteiger partial charge in [0.2, 0.25) is 5.82 Å². The zero-order valence-electron chi connectivity index (χ0n) is 6.92. The number of nitrogens with zero attached hydrogens (tertiary/aromatic N) is 4. The molecule has 0 atom stereocenters. The smallest absolute Gasteiger partial charge is 0.198 e. The lowest BCUT2D eigenvalue weighted by Gasteiger charge is -2.14. The second-order valence-electron chi connectivity index (χ2n) is 3.14. The second kappa shape index (κ2) is 2.64. The first-order valence-corrected chi connectivity index (χ1v) is 3.98. The first kappa shape index (κ1) is 9.35. The third-order valence-electron chi connectivity index (χ3n) is 2.07. The van der Waals surface area contributed by atoms with Crippen molar-refractivity contribution in [3.8, 4) is 0 Å². The summed E-state index contributed by atoms with van der Waals surface area (Å²) in [5.74, 6) is -4.43. The normalized spacial score (nSPS) is 24.0. The Labute approximate surface area is 75.9 Å². The summed E-state index contributed by atoms with van der Waals surface area (Å²) in [5.41, 5.74) is 0. The zero-order chi connectivity index (χ0) is 10.4. The predicted molar refractivity (Wildman–Crippen MR) is 35.8 cm³/mol. The lowest BCUT2D eigenvalue weighted by atomic mass is 10.1. The molecule has 0 unspecified atom stereocenters. The molecule has 0 amide bonds. The van der Waals surface area contributed by atoms with E-state index < -0.39 is 30.6 Å². The molecule has 14 heavy (non-hydrogen) atoms. The molecule has 0 saturated carbocycles. The first-order valence-electron chi connectivity index (χ1n) is 3.98. The fraction of sp³-hybridized carbons (Fsp3) is 0.833. The van der Waals surface area contributed by atoms with Crippen LogP contribution < -0.4 is 0 Å². The molecule has 78 valence electrons. The molecule has 0 aromatic carbocycles. The molecule has 1 aliphatic rings. The van der Waals surface area contributed by atoms with Gasteiger partial charge in [-0.05, 0) is 16.8 Å². The molecule has 0 spiro atoms. The van der Waals surface area contributed by atoms with Crippen molar-refractivity contribution < 1.29 is 17.6 Å². The Bertz CT molecular complexity index is 317. The number of hydrogen-bond donors (Lipinski definition) is 0. The van der Waals surface area contributed by atoms with Gasteiger partial charge in [-0.15, -0.1) is 5.10 Å². The second-order valence-corrected chi connectivity index (χ2v) is 3.14. The van der Waals surface area contributed by atoms with E-state index in [4.69, 9.17) is 0 Å². The number of alkyl halides is 4. The van der Waals surface area contributed by atoms with Crippen molar-refractivity contribution in [1.82, 2.24) is 20.2 Å². The maximum atomic E-state index is 13.1. The lowest BCUT2D eigenvalue weighted by molar-refractivity contribution is -0.104.